The summed E-state index contributed by atoms with van der Waals surface area (Å²) < 4.78 is 32.4. The SMILES string of the molecule is Cc1ccc(S(=O)(=O)N2CCOCC2)cc1C(=O)NCCCN1CCCCCC1. The van der Waals surface area contributed by atoms with E-state index in [0.717, 1.165) is 31.6 Å². The molecular formula is C21H33N3O4S. The van der Waals surface area contributed by atoms with Crippen molar-refractivity contribution >= 4 is 15.9 Å². The zero-order chi connectivity index (χ0) is 20.7. The van der Waals surface area contributed by atoms with Crippen LogP contribution in [-0.2, 0) is 14.8 Å². The molecule has 0 spiro atoms. The van der Waals surface area contributed by atoms with Crippen molar-refractivity contribution in [1.29, 1.82) is 0 Å². The fourth-order valence-corrected chi connectivity index (χ4v) is 5.34. The number of hydrogen-bond acceptors (Lipinski definition) is 5. The quantitative estimate of drug-likeness (QED) is 0.679. The summed E-state index contributed by atoms with van der Waals surface area (Å²) in [5.74, 6) is -0.211. The summed E-state index contributed by atoms with van der Waals surface area (Å²) in [4.78, 5) is 15.3. The van der Waals surface area contributed by atoms with E-state index in [-0.39, 0.29) is 10.8 Å². The van der Waals surface area contributed by atoms with Gasteiger partial charge < -0.3 is 15.0 Å². The van der Waals surface area contributed by atoms with Crippen LogP contribution in [0, 0.1) is 6.92 Å². The van der Waals surface area contributed by atoms with Crippen LogP contribution in [0.4, 0.5) is 0 Å². The second kappa shape index (κ2) is 10.5. The molecule has 0 aliphatic carbocycles. The second-order valence-electron chi connectivity index (χ2n) is 7.86. The topological polar surface area (TPSA) is 78.9 Å². The van der Waals surface area contributed by atoms with Crippen molar-refractivity contribution < 1.29 is 17.9 Å². The van der Waals surface area contributed by atoms with Crippen LogP contribution in [0.2, 0.25) is 0 Å². The van der Waals surface area contributed by atoms with Gasteiger partial charge in [-0.3, -0.25) is 4.79 Å². The Morgan fingerprint density at radius 1 is 1.07 bits per heavy atom. The number of carbonyl (C=O) groups is 1. The maximum absolute atomic E-state index is 12.9. The standard InChI is InChI=1S/C21H33N3O4S/c1-18-7-8-19(29(26,27)24-13-15-28-16-14-24)17-20(18)21(25)22-9-6-12-23-10-4-2-3-5-11-23/h7-8,17H,2-6,9-16H2,1H3,(H,22,25). The summed E-state index contributed by atoms with van der Waals surface area (Å²) in [6, 6.07) is 4.79. The number of benzene rings is 1. The van der Waals surface area contributed by atoms with E-state index in [0.29, 0.717) is 38.4 Å². The number of likely N-dealkylation sites (tertiary alicyclic amines) is 1. The highest BCUT2D eigenvalue weighted by Crippen LogP contribution is 2.20. The van der Waals surface area contributed by atoms with Crippen molar-refractivity contribution in [1.82, 2.24) is 14.5 Å². The molecule has 8 heteroatoms. The summed E-state index contributed by atoms with van der Waals surface area (Å²) in [7, 11) is -3.61. The zero-order valence-electron chi connectivity index (χ0n) is 17.4. The average molecular weight is 424 g/mol. The lowest BCUT2D eigenvalue weighted by Gasteiger charge is -2.26. The smallest absolute Gasteiger partial charge is 0.251 e. The van der Waals surface area contributed by atoms with Gasteiger partial charge in [-0.05, 0) is 63.5 Å². The fourth-order valence-electron chi connectivity index (χ4n) is 3.90. The van der Waals surface area contributed by atoms with E-state index in [1.54, 1.807) is 12.1 Å². The molecule has 2 fully saturated rings. The normalized spacial score (nSPS) is 19.6. The third kappa shape index (κ3) is 6.01. The van der Waals surface area contributed by atoms with Crippen molar-refractivity contribution in [2.45, 2.75) is 43.9 Å². The lowest BCUT2D eigenvalue weighted by atomic mass is 10.1. The van der Waals surface area contributed by atoms with Crippen molar-refractivity contribution in [3.8, 4) is 0 Å². The van der Waals surface area contributed by atoms with E-state index in [1.807, 2.05) is 6.92 Å². The Morgan fingerprint density at radius 2 is 1.76 bits per heavy atom. The number of aryl methyl sites for hydroxylation is 1. The summed E-state index contributed by atoms with van der Waals surface area (Å²) in [5.41, 5.74) is 1.20. The molecule has 1 aromatic rings. The largest absolute Gasteiger partial charge is 0.379 e. The number of rotatable bonds is 7. The molecule has 2 aliphatic heterocycles. The van der Waals surface area contributed by atoms with Gasteiger partial charge in [0.15, 0.2) is 0 Å². The molecule has 0 saturated carbocycles. The molecule has 7 nitrogen and oxygen atoms in total. The molecule has 2 aliphatic rings. The van der Waals surface area contributed by atoms with Crippen molar-refractivity contribution in [3.05, 3.63) is 29.3 Å². The van der Waals surface area contributed by atoms with Crippen molar-refractivity contribution in [3.63, 3.8) is 0 Å². The molecular weight excluding hydrogens is 390 g/mol. The molecule has 0 radical (unpaired) electrons. The Labute approximate surface area is 174 Å². The highest BCUT2D eigenvalue weighted by molar-refractivity contribution is 7.89. The van der Waals surface area contributed by atoms with E-state index < -0.39 is 10.0 Å². The second-order valence-corrected chi connectivity index (χ2v) is 9.80. The molecule has 29 heavy (non-hydrogen) atoms. The molecule has 3 rings (SSSR count). The van der Waals surface area contributed by atoms with Crippen LogP contribution in [0.3, 0.4) is 0 Å². The number of amides is 1. The predicted molar refractivity (Wildman–Crippen MR) is 113 cm³/mol. The van der Waals surface area contributed by atoms with E-state index in [1.165, 1.54) is 36.1 Å². The summed E-state index contributed by atoms with van der Waals surface area (Å²) in [5, 5.41) is 2.96. The number of hydrogen-bond donors (Lipinski definition) is 1. The minimum Gasteiger partial charge on any atom is -0.379 e. The summed E-state index contributed by atoms with van der Waals surface area (Å²) in [6.45, 7) is 7.19. The van der Waals surface area contributed by atoms with E-state index in [2.05, 4.69) is 10.2 Å². The Morgan fingerprint density at radius 3 is 2.45 bits per heavy atom. The molecule has 0 atom stereocenters. The first kappa shape index (κ1) is 22.2. The van der Waals surface area contributed by atoms with Crippen LogP contribution < -0.4 is 5.32 Å². The van der Waals surface area contributed by atoms with Crippen LogP contribution in [0.25, 0.3) is 0 Å². The van der Waals surface area contributed by atoms with Gasteiger partial charge in [-0.15, -0.1) is 0 Å². The Hall–Kier alpha value is -1.48. The summed E-state index contributed by atoms with van der Waals surface area (Å²) in [6.07, 6.45) is 6.05. The van der Waals surface area contributed by atoms with Gasteiger partial charge in [0.1, 0.15) is 0 Å². The van der Waals surface area contributed by atoms with Gasteiger partial charge in [0.2, 0.25) is 10.0 Å². The molecule has 1 amide bonds. The lowest BCUT2D eigenvalue weighted by molar-refractivity contribution is 0.0730. The van der Waals surface area contributed by atoms with Gasteiger partial charge in [0.25, 0.3) is 5.91 Å². The van der Waals surface area contributed by atoms with Gasteiger partial charge in [-0.2, -0.15) is 4.31 Å². The zero-order valence-corrected chi connectivity index (χ0v) is 18.2. The number of sulfonamides is 1. The van der Waals surface area contributed by atoms with Gasteiger partial charge in [0.05, 0.1) is 18.1 Å². The Kier molecular flexibility index (Phi) is 8.06. The van der Waals surface area contributed by atoms with E-state index in [4.69, 9.17) is 4.74 Å². The lowest BCUT2D eigenvalue weighted by Crippen LogP contribution is -2.40. The van der Waals surface area contributed by atoms with Crippen molar-refractivity contribution in [2.75, 3.05) is 52.5 Å². The van der Waals surface area contributed by atoms with Gasteiger partial charge in [-0.1, -0.05) is 18.9 Å². The molecule has 0 bridgehead atoms. The maximum atomic E-state index is 12.9. The third-order valence-corrected chi connectivity index (χ3v) is 7.59. The van der Waals surface area contributed by atoms with Crippen LogP contribution in [0.1, 0.15) is 48.0 Å². The Balaban J connectivity index is 1.57. The van der Waals surface area contributed by atoms with Gasteiger partial charge in [0, 0.05) is 25.2 Å². The van der Waals surface area contributed by atoms with Gasteiger partial charge >= 0.3 is 0 Å². The van der Waals surface area contributed by atoms with Crippen LogP contribution in [0.5, 0.6) is 0 Å². The number of ether oxygens (including phenoxy) is 1. The third-order valence-electron chi connectivity index (χ3n) is 5.70. The number of nitrogens with one attached hydrogen (secondary N) is 1. The van der Waals surface area contributed by atoms with Crippen LogP contribution in [-0.4, -0.2) is 76.0 Å². The molecule has 1 N–H and O–H groups in total. The minimum absolute atomic E-state index is 0.166. The molecule has 162 valence electrons. The molecule has 0 unspecified atom stereocenters. The fraction of sp³-hybridized carbons (Fsp3) is 0.667. The van der Waals surface area contributed by atoms with E-state index in [9.17, 15) is 13.2 Å². The minimum atomic E-state index is -3.61. The van der Waals surface area contributed by atoms with Gasteiger partial charge in [-0.25, -0.2) is 8.42 Å². The summed E-state index contributed by atoms with van der Waals surface area (Å²) >= 11 is 0. The first-order chi connectivity index (χ1) is 14.0. The molecule has 2 saturated heterocycles. The van der Waals surface area contributed by atoms with Crippen molar-refractivity contribution in [2.24, 2.45) is 0 Å². The molecule has 0 aromatic heterocycles. The highest BCUT2D eigenvalue weighted by Gasteiger charge is 2.27. The first-order valence-corrected chi connectivity index (χ1v) is 12.1. The number of nitrogens with zero attached hydrogens (tertiary/aromatic N) is 2. The maximum Gasteiger partial charge on any atom is 0.251 e. The Bertz CT molecular complexity index is 783. The number of morpholine rings is 1. The highest BCUT2D eigenvalue weighted by atomic mass is 32.2. The van der Waals surface area contributed by atoms with Crippen LogP contribution in [0.15, 0.2) is 23.1 Å². The first-order valence-electron chi connectivity index (χ1n) is 10.7. The molecule has 1 aromatic carbocycles. The number of carbonyl (C=O) groups excluding carboxylic acids is 1. The predicted octanol–water partition coefficient (Wildman–Crippen LogP) is 2.01. The molecule has 2 heterocycles. The van der Waals surface area contributed by atoms with E-state index >= 15 is 0 Å². The average Bonchev–Trinajstić information content (AvgIpc) is 3.01. The monoisotopic (exact) mass is 423 g/mol. The van der Waals surface area contributed by atoms with Crippen LogP contribution >= 0.6 is 0 Å².